The van der Waals surface area contributed by atoms with Crippen LogP contribution >= 0.6 is 0 Å². The van der Waals surface area contributed by atoms with Crippen LogP contribution in [0.2, 0.25) is 0 Å². The molecule has 0 heterocycles. The van der Waals surface area contributed by atoms with Crippen LogP contribution in [0.4, 0.5) is 0 Å². The molecule has 0 aromatic rings. The molecule has 0 amide bonds. The number of hydrogen-bond acceptors (Lipinski definition) is 3. The Labute approximate surface area is 131 Å². The molecule has 0 saturated carbocycles. The van der Waals surface area contributed by atoms with Gasteiger partial charge in [-0.2, -0.15) is 0 Å². The zero-order chi connectivity index (χ0) is 16.1. The summed E-state index contributed by atoms with van der Waals surface area (Å²) in [5.74, 6) is 1.02. The van der Waals surface area contributed by atoms with E-state index in [9.17, 15) is 4.79 Å². The molecule has 0 aromatic heterocycles. The van der Waals surface area contributed by atoms with Crippen molar-refractivity contribution < 1.29 is 14.3 Å². The topological polar surface area (TPSA) is 35.5 Å². The Morgan fingerprint density at radius 1 is 1.00 bits per heavy atom. The Kier molecular flexibility index (Phi) is 12.8. The van der Waals surface area contributed by atoms with Crippen molar-refractivity contribution in [3.05, 3.63) is 0 Å². The second-order valence-corrected chi connectivity index (χ2v) is 6.52. The number of hydrogen-bond donors (Lipinski definition) is 0. The van der Waals surface area contributed by atoms with Crippen molar-refractivity contribution in [1.82, 2.24) is 0 Å². The minimum atomic E-state index is -0.0996. The van der Waals surface area contributed by atoms with Gasteiger partial charge in [-0.15, -0.1) is 0 Å². The van der Waals surface area contributed by atoms with Crippen LogP contribution in [0, 0.1) is 17.8 Å². The highest BCUT2D eigenvalue weighted by Crippen LogP contribution is 2.17. The van der Waals surface area contributed by atoms with E-state index in [4.69, 9.17) is 9.47 Å². The maximum Gasteiger partial charge on any atom is 0.311 e. The van der Waals surface area contributed by atoms with Gasteiger partial charge in [0.15, 0.2) is 0 Å². The van der Waals surface area contributed by atoms with Crippen LogP contribution in [0.15, 0.2) is 0 Å². The first-order chi connectivity index (χ1) is 10.0. The Balaban J connectivity index is 4.14. The van der Waals surface area contributed by atoms with Gasteiger partial charge >= 0.3 is 5.97 Å². The smallest absolute Gasteiger partial charge is 0.311 e. The molecule has 2 atom stereocenters. The summed E-state index contributed by atoms with van der Waals surface area (Å²) in [5.41, 5.74) is 0. The number of unbranched alkanes of at least 4 members (excludes halogenated alkanes) is 1. The van der Waals surface area contributed by atoms with Gasteiger partial charge in [-0.25, -0.2) is 0 Å². The number of rotatable bonds is 13. The summed E-state index contributed by atoms with van der Waals surface area (Å²) < 4.78 is 10.7. The van der Waals surface area contributed by atoms with E-state index in [0.29, 0.717) is 25.0 Å². The van der Waals surface area contributed by atoms with Gasteiger partial charge in [0.25, 0.3) is 0 Å². The van der Waals surface area contributed by atoms with Crippen molar-refractivity contribution >= 4 is 5.97 Å². The number of methoxy groups -OCH3 is 1. The van der Waals surface area contributed by atoms with Gasteiger partial charge in [-0.1, -0.05) is 59.8 Å². The van der Waals surface area contributed by atoms with Gasteiger partial charge in [-0.3, -0.25) is 4.79 Å². The number of ether oxygens (including phenoxy) is 2. The van der Waals surface area contributed by atoms with Gasteiger partial charge in [0, 0.05) is 7.11 Å². The molecule has 0 spiro atoms. The molecule has 3 nitrogen and oxygen atoms in total. The van der Waals surface area contributed by atoms with E-state index in [2.05, 4.69) is 27.7 Å². The van der Waals surface area contributed by atoms with Gasteiger partial charge in [0.1, 0.15) is 0 Å². The fraction of sp³-hybridized carbons (Fsp3) is 0.944. The molecule has 0 bridgehead atoms. The van der Waals surface area contributed by atoms with Crippen LogP contribution in [0.1, 0.15) is 72.6 Å². The lowest BCUT2D eigenvalue weighted by Gasteiger charge is -2.19. The van der Waals surface area contributed by atoms with Crippen LogP contribution in [0.25, 0.3) is 0 Å². The Morgan fingerprint density at radius 3 is 2.24 bits per heavy atom. The number of carbonyl (C=O) groups excluding carboxylic acids is 1. The van der Waals surface area contributed by atoms with Crippen LogP contribution in [-0.2, 0) is 14.3 Å². The first kappa shape index (κ1) is 20.4. The summed E-state index contributed by atoms with van der Waals surface area (Å²) in [6.07, 6.45) is 7.74. The van der Waals surface area contributed by atoms with E-state index in [1.165, 1.54) is 12.8 Å². The van der Waals surface area contributed by atoms with E-state index in [1.54, 1.807) is 7.11 Å². The molecule has 0 N–H and O–H groups in total. The highest BCUT2D eigenvalue weighted by molar-refractivity contribution is 5.72. The lowest BCUT2D eigenvalue weighted by Crippen LogP contribution is -2.24. The number of carbonyl (C=O) groups is 1. The van der Waals surface area contributed by atoms with Crippen molar-refractivity contribution in [2.24, 2.45) is 17.8 Å². The molecule has 126 valence electrons. The predicted molar refractivity (Wildman–Crippen MR) is 88.3 cm³/mol. The maximum absolute atomic E-state index is 12.2. The van der Waals surface area contributed by atoms with Crippen LogP contribution in [0.5, 0.6) is 0 Å². The van der Waals surface area contributed by atoms with E-state index >= 15 is 0 Å². The molecule has 0 aliphatic carbocycles. The average molecular weight is 300 g/mol. The summed E-state index contributed by atoms with van der Waals surface area (Å²) >= 11 is 0. The Bertz CT molecular complexity index is 251. The molecule has 21 heavy (non-hydrogen) atoms. The van der Waals surface area contributed by atoms with Crippen molar-refractivity contribution in [3.63, 3.8) is 0 Å². The molecule has 2 unspecified atom stereocenters. The lowest BCUT2D eigenvalue weighted by molar-refractivity contribution is -0.152. The summed E-state index contributed by atoms with van der Waals surface area (Å²) in [6, 6.07) is 0. The molecule has 0 fully saturated rings. The largest absolute Gasteiger partial charge is 0.465 e. The molecule has 0 rings (SSSR count). The second-order valence-electron chi connectivity index (χ2n) is 6.52. The standard InChI is InChI=1S/C18H36O3/c1-6-8-11-16(7-2)13-21-18(19)17(14-20-5)12-9-10-15(3)4/h15-17H,6-14H2,1-5H3. The lowest BCUT2D eigenvalue weighted by atomic mass is 9.98. The van der Waals surface area contributed by atoms with Gasteiger partial charge < -0.3 is 9.47 Å². The maximum atomic E-state index is 12.2. The number of esters is 1. The fourth-order valence-electron chi connectivity index (χ4n) is 2.46. The third-order valence-corrected chi connectivity index (χ3v) is 4.04. The SMILES string of the molecule is CCCCC(CC)COC(=O)C(CCCC(C)C)COC. The molecular formula is C18H36O3. The Morgan fingerprint density at radius 2 is 1.71 bits per heavy atom. The zero-order valence-corrected chi connectivity index (χ0v) is 14.8. The van der Waals surface area contributed by atoms with E-state index in [-0.39, 0.29) is 11.9 Å². The molecule has 0 radical (unpaired) electrons. The third kappa shape index (κ3) is 10.8. The fourth-order valence-corrected chi connectivity index (χ4v) is 2.46. The second kappa shape index (κ2) is 13.1. The monoisotopic (exact) mass is 300 g/mol. The summed E-state index contributed by atoms with van der Waals surface area (Å²) in [5, 5.41) is 0. The molecule has 0 saturated heterocycles. The van der Waals surface area contributed by atoms with Crippen molar-refractivity contribution in [1.29, 1.82) is 0 Å². The van der Waals surface area contributed by atoms with E-state index in [1.807, 2.05) is 0 Å². The first-order valence-corrected chi connectivity index (χ1v) is 8.70. The molecular weight excluding hydrogens is 264 g/mol. The van der Waals surface area contributed by atoms with Crippen molar-refractivity contribution in [3.8, 4) is 0 Å². The van der Waals surface area contributed by atoms with E-state index in [0.717, 1.165) is 32.1 Å². The van der Waals surface area contributed by atoms with Crippen molar-refractivity contribution in [2.75, 3.05) is 20.3 Å². The summed E-state index contributed by atoms with van der Waals surface area (Å²) in [4.78, 5) is 12.2. The molecule has 0 aromatic carbocycles. The van der Waals surface area contributed by atoms with Gasteiger partial charge in [0.2, 0.25) is 0 Å². The Hall–Kier alpha value is -0.570. The van der Waals surface area contributed by atoms with Gasteiger partial charge in [-0.05, 0) is 24.7 Å². The van der Waals surface area contributed by atoms with E-state index < -0.39 is 0 Å². The minimum Gasteiger partial charge on any atom is -0.465 e. The van der Waals surface area contributed by atoms with Crippen molar-refractivity contribution in [2.45, 2.75) is 72.6 Å². The third-order valence-electron chi connectivity index (χ3n) is 4.04. The average Bonchev–Trinajstić information content (AvgIpc) is 2.46. The highest BCUT2D eigenvalue weighted by Gasteiger charge is 2.21. The minimum absolute atomic E-state index is 0.0736. The predicted octanol–water partition coefficient (Wildman–Crippen LogP) is 4.83. The molecule has 0 aliphatic rings. The quantitative estimate of drug-likeness (QED) is 0.457. The normalized spacial score (nSPS) is 14.2. The summed E-state index contributed by atoms with van der Waals surface area (Å²) in [7, 11) is 1.65. The summed E-state index contributed by atoms with van der Waals surface area (Å²) in [6.45, 7) is 9.83. The van der Waals surface area contributed by atoms with Crippen LogP contribution in [-0.4, -0.2) is 26.3 Å². The highest BCUT2D eigenvalue weighted by atomic mass is 16.5. The molecule has 3 heteroatoms. The van der Waals surface area contributed by atoms with Crippen LogP contribution < -0.4 is 0 Å². The zero-order valence-electron chi connectivity index (χ0n) is 14.8. The van der Waals surface area contributed by atoms with Crippen LogP contribution in [0.3, 0.4) is 0 Å². The van der Waals surface area contributed by atoms with Gasteiger partial charge in [0.05, 0.1) is 19.1 Å². The first-order valence-electron chi connectivity index (χ1n) is 8.70. The molecule has 0 aliphatic heterocycles.